The van der Waals surface area contributed by atoms with Crippen molar-refractivity contribution in [3.8, 4) is 0 Å². The third-order valence-electron chi connectivity index (χ3n) is 5.32. The molecule has 3 aliphatic rings. The molecule has 2 unspecified atom stereocenters. The van der Waals surface area contributed by atoms with Crippen LogP contribution in [0, 0.1) is 5.92 Å². The largest absolute Gasteiger partial charge is 0.500 e. The number of amides is 1. The van der Waals surface area contributed by atoms with E-state index in [9.17, 15) is 9.59 Å². The van der Waals surface area contributed by atoms with Crippen LogP contribution in [0.3, 0.4) is 0 Å². The van der Waals surface area contributed by atoms with Gasteiger partial charge in [-0.05, 0) is 43.2 Å². The molecule has 1 heterocycles. The number of allylic oxidation sites excluding steroid dienone is 3. The van der Waals surface area contributed by atoms with E-state index >= 15 is 0 Å². The number of carbonyl (C=O) groups excluding carboxylic acids is 2. The lowest BCUT2D eigenvalue weighted by Gasteiger charge is -2.22. The molecule has 0 spiro atoms. The monoisotopic (exact) mass is 405 g/mol. The predicted molar refractivity (Wildman–Crippen MR) is 115 cm³/mol. The Morgan fingerprint density at radius 3 is 2.90 bits per heavy atom. The fourth-order valence-corrected chi connectivity index (χ4v) is 3.74. The molecule has 1 aliphatic heterocycles. The molecule has 0 aromatic heterocycles. The first kappa shape index (κ1) is 19.7. The zero-order chi connectivity index (χ0) is 21.1. The summed E-state index contributed by atoms with van der Waals surface area (Å²) in [6, 6.07) is 7.77. The lowest BCUT2D eigenvalue weighted by molar-refractivity contribution is -0.145. The van der Waals surface area contributed by atoms with Gasteiger partial charge in [0.1, 0.15) is 11.7 Å². The van der Waals surface area contributed by atoms with E-state index in [1.165, 1.54) is 14.2 Å². The number of nitrogens with one attached hydrogen (secondary N) is 1. The van der Waals surface area contributed by atoms with E-state index in [0.29, 0.717) is 23.4 Å². The van der Waals surface area contributed by atoms with Gasteiger partial charge in [-0.25, -0.2) is 0 Å². The number of aliphatic imine (C=N–C) groups is 1. The topological polar surface area (TPSA) is 80.2 Å². The van der Waals surface area contributed by atoms with Gasteiger partial charge in [-0.1, -0.05) is 24.3 Å². The molecule has 1 N–H and O–H groups in total. The maximum Gasteiger partial charge on any atom is 0.316 e. The van der Waals surface area contributed by atoms with Crippen molar-refractivity contribution in [3.05, 3.63) is 71.7 Å². The Morgan fingerprint density at radius 1 is 1.23 bits per heavy atom. The van der Waals surface area contributed by atoms with E-state index in [-0.39, 0.29) is 17.9 Å². The van der Waals surface area contributed by atoms with Crippen molar-refractivity contribution in [2.24, 2.45) is 10.9 Å². The number of anilines is 2. The molecule has 1 aromatic carbocycles. The summed E-state index contributed by atoms with van der Waals surface area (Å²) in [7, 11) is 2.81. The Hall–Kier alpha value is -3.61. The van der Waals surface area contributed by atoms with Crippen LogP contribution in [0.4, 0.5) is 11.4 Å². The number of fused-ring (bicyclic) bond motifs is 1. The standard InChI is InChI=1S/C23H23N3O4/c1-29-21-12-15(10-11-18(21)23(28)30-2)22(27)25-16-6-5-7-17(13-16)26-14-24-19-8-3-4-9-20(19)26/h3-7,9-10,12-14,18-19H,8,11H2,1-2H3,(H,25,27). The molecule has 1 aromatic rings. The molecule has 154 valence electrons. The maximum atomic E-state index is 12.8. The van der Waals surface area contributed by atoms with Gasteiger partial charge in [0.2, 0.25) is 0 Å². The van der Waals surface area contributed by atoms with Crippen LogP contribution in [0.25, 0.3) is 0 Å². The maximum absolute atomic E-state index is 12.8. The van der Waals surface area contributed by atoms with E-state index < -0.39 is 5.92 Å². The van der Waals surface area contributed by atoms with Crippen LogP contribution in [0.1, 0.15) is 12.8 Å². The first-order valence-electron chi connectivity index (χ1n) is 9.75. The molecule has 4 rings (SSSR count). The summed E-state index contributed by atoms with van der Waals surface area (Å²) >= 11 is 0. The normalized spacial score (nSPS) is 21.9. The van der Waals surface area contributed by atoms with Crippen LogP contribution in [0.2, 0.25) is 0 Å². The summed E-state index contributed by atoms with van der Waals surface area (Å²) in [5, 5.41) is 2.92. The first-order chi connectivity index (χ1) is 14.6. The lowest BCUT2D eigenvalue weighted by atomic mass is 9.94. The van der Waals surface area contributed by atoms with Gasteiger partial charge in [0.05, 0.1) is 26.6 Å². The highest BCUT2D eigenvalue weighted by Gasteiger charge is 2.29. The van der Waals surface area contributed by atoms with Crippen LogP contribution in [-0.2, 0) is 19.1 Å². The number of methoxy groups -OCH3 is 2. The molecule has 30 heavy (non-hydrogen) atoms. The Balaban J connectivity index is 1.49. The van der Waals surface area contributed by atoms with E-state index in [0.717, 1.165) is 17.8 Å². The third kappa shape index (κ3) is 3.78. The summed E-state index contributed by atoms with van der Waals surface area (Å²) < 4.78 is 10.1. The van der Waals surface area contributed by atoms with Gasteiger partial charge in [-0.2, -0.15) is 0 Å². The minimum absolute atomic E-state index is 0.154. The molecule has 0 radical (unpaired) electrons. The van der Waals surface area contributed by atoms with Gasteiger partial charge < -0.3 is 19.7 Å². The highest BCUT2D eigenvalue weighted by Crippen LogP contribution is 2.31. The number of rotatable bonds is 5. The SMILES string of the molecule is COC(=O)C1CC=C(C(=O)Nc2cccc(N3C=NC4CC=CC=C43)c2)C=C1OC. The summed E-state index contributed by atoms with van der Waals surface area (Å²) in [6.45, 7) is 0. The number of carbonyl (C=O) groups is 2. The van der Waals surface area contributed by atoms with Gasteiger partial charge in [0.15, 0.2) is 0 Å². The molecule has 1 amide bonds. The Labute approximate surface area is 175 Å². The van der Waals surface area contributed by atoms with Gasteiger partial charge in [-0.3, -0.25) is 14.6 Å². The van der Waals surface area contributed by atoms with Crippen LogP contribution in [0.15, 0.2) is 76.7 Å². The molecule has 0 saturated heterocycles. The summed E-state index contributed by atoms with van der Waals surface area (Å²) in [4.78, 5) is 31.2. The number of benzene rings is 1. The number of nitrogens with zero attached hydrogens (tertiary/aromatic N) is 2. The molecule has 2 aliphatic carbocycles. The lowest BCUT2D eigenvalue weighted by Crippen LogP contribution is -2.24. The second-order valence-electron chi connectivity index (χ2n) is 7.13. The van der Waals surface area contributed by atoms with Gasteiger partial charge >= 0.3 is 5.97 Å². The minimum atomic E-state index is -0.528. The van der Waals surface area contributed by atoms with Gasteiger partial charge in [0, 0.05) is 22.6 Å². The highest BCUT2D eigenvalue weighted by atomic mass is 16.5. The average molecular weight is 405 g/mol. The van der Waals surface area contributed by atoms with Crippen LogP contribution in [0.5, 0.6) is 0 Å². The molecule has 0 fully saturated rings. The van der Waals surface area contributed by atoms with Crippen molar-refractivity contribution < 1.29 is 19.1 Å². The minimum Gasteiger partial charge on any atom is -0.500 e. The summed E-state index contributed by atoms with van der Waals surface area (Å²) in [5.74, 6) is -0.762. The number of hydrogen-bond donors (Lipinski definition) is 1. The first-order valence-corrected chi connectivity index (χ1v) is 9.75. The van der Waals surface area contributed by atoms with Gasteiger partial charge in [0.25, 0.3) is 5.91 Å². The van der Waals surface area contributed by atoms with E-state index in [2.05, 4.69) is 22.5 Å². The van der Waals surface area contributed by atoms with Gasteiger partial charge in [-0.15, -0.1) is 0 Å². The van der Waals surface area contributed by atoms with Crippen LogP contribution < -0.4 is 10.2 Å². The second kappa shape index (κ2) is 8.41. The third-order valence-corrected chi connectivity index (χ3v) is 5.32. The van der Waals surface area contributed by atoms with Crippen molar-refractivity contribution >= 4 is 29.6 Å². The zero-order valence-corrected chi connectivity index (χ0v) is 16.9. The van der Waals surface area contributed by atoms with Crippen molar-refractivity contribution in [3.63, 3.8) is 0 Å². The molecule has 2 atom stereocenters. The van der Waals surface area contributed by atoms with E-state index in [1.54, 1.807) is 12.2 Å². The fourth-order valence-electron chi connectivity index (χ4n) is 3.74. The Bertz CT molecular complexity index is 1020. The van der Waals surface area contributed by atoms with Crippen molar-refractivity contribution in [1.29, 1.82) is 0 Å². The van der Waals surface area contributed by atoms with Crippen molar-refractivity contribution in [2.45, 2.75) is 18.9 Å². The van der Waals surface area contributed by atoms with E-state index in [1.807, 2.05) is 41.6 Å². The molecule has 7 heteroatoms. The second-order valence-corrected chi connectivity index (χ2v) is 7.13. The average Bonchev–Trinajstić information content (AvgIpc) is 3.22. The number of esters is 1. The molecular formula is C23H23N3O4. The Morgan fingerprint density at radius 2 is 2.10 bits per heavy atom. The zero-order valence-electron chi connectivity index (χ0n) is 16.9. The number of hydrogen-bond acceptors (Lipinski definition) is 6. The van der Waals surface area contributed by atoms with Crippen LogP contribution >= 0.6 is 0 Å². The Kier molecular flexibility index (Phi) is 5.52. The smallest absolute Gasteiger partial charge is 0.316 e. The summed E-state index contributed by atoms with van der Waals surface area (Å²) in [5.41, 5.74) is 3.17. The molecule has 0 saturated carbocycles. The molecule has 0 bridgehead atoms. The fraction of sp³-hybridized carbons (Fsp3) is 0.261. The highest BCUT2D eigenvalue weighted by molar-refractivity contribution is 6.06. The molecular weight excluding hydrogens is 382 g/mol. The number of ether oxygens (including phenoxy) is 2. The quantitative estimate of drug-likeness (QED) is 0.760. The van der Waals surface area contributed by atoms with Crippen molar-refractivity contribution in [2.75, 3.05) is 24.4 Å². The summed E-state index contributed by atoms with van der Waals surface area (Å²) in [6.07, 6.45) is 12.6. The van der Waals surface area contributed by atoms with Crippen LogP contribution in [-0.4, -0.2) is 38.5 Å². The van der Waals surface area contributed by atoms with E-state index in [4.69, 9.17) is 9.47 Å². The predicted octanol–water partition coefficient (Wildman–Crippen LogP) is 3.34. The molecule has 7 nitrogen and oxygen atoms in total. The van der Waals surface area contributed by atoms with Crippen molar-refractivity contribution in [1.82, 2.24) is 0 Å².